The highest BCUT2D eigenvalue weighted by Gasteiger charge is 2.23. The summed E-state index contributed by atoms with van der Waals surface area (Å²) in [6.45, 7) is 7.97. The molecule has 1 amide bonds. The van der Waals surface area contributed by atoms with Gasteiger partial charge in [0.25, 0.3) is 0 Å². The fourth-order valence-corrected chi connectivity index (χ4v) is 2.93. The van der Waals surface area contributed by atoms with Crippen LogP contribution >= 0.6 is 24.8 Å². The summed E-state index contributed by atoms with van der Waals surface area (Å²) in [6.07, 6.45) is 1.81. The second-order valence-electron chi connectivity index (χ2n) is 6.40. The molecule has 4 nitrogen and oxygen atoms in total. The van der Waals surface area contributed by atoms with E-state index in [-0.39, 0.29) is 36.8 Å². The quantitative estimate of drug-likeness (QED) is 0.818. The molecule has 0 saturated carbocycles. The Morgan fingerprint density at radius 1 is 1.26 bits per heavy atom. The van der Waals surface area contributed by atoms with Crippen LogP contribution in [-0.4, -0.2) is 31.1 Å². The summed E-state index contributed by atoms with van der Waals surface area (Å²) in [4.78, 5) is 14.4. The Kier molecular flexibility index (Phi) is 9.59. The monoisotopic (exact) mass is 361 g/mol. The zero-order valence-corrected chi connectivity index (χ0v) is 15.8. The molecule has 0 aliphatic carbocycles. The maximum atomic E-state index is 12.0. The maximum Gasteiger partial charge on any atom is 0.236 e. The average Bonchev–Trinajstić information content (AvgIpc) is 2.87. The molecule has 132 valence electrons. The molecule has 23 heavy (non-hydrogen) atoms. The van der Waals surface area contributed by atoms with E-state index in [9.17, 15) is 4.79 Å². The van der Waals surface area contributed by atoms with Crippen LogP contribution in [0.3, 0.4) is 0 Å². The number of nitrogens with two attached hydrogens (primary N) is 1. The zero-order valence-electron chi connectivity index (χ0n) is 14.1. The molecule has 1 aliphatic heterocycles. The number of para-hydroxylation sites is 1. The molecule has 1 unspecified atom stereocenters. The molecule has 0 fully saturated rings. The van der Waals surface area contributed by atoms with Crippen molar-refractivity contribution in [3.8, 4) is 0 Å². The number of rotatable bonds is 6. The number of carbonyl (C=O) groups excluding carboxylic acids is 1. The molecule has 2 rings (SSSR count). The van der Waals surface area contributed by atoms with Crippen LogP contribution in [0.5, 0.6) is 0 Å². The van der Waals surface area contributed by atoms with Gasteiger partial charge in [-0.15, -0.1) is 24.8 Å². The van der Waals surface area contributed by atoms with Gasteiger partial charge in [-0.05, 0) is 37.3 Å². The number of anilines is 1. The molecule has 0 saturated heterocycles. The van der Waals surface area contributed by atoms with Gasteiger partial charge >= 0.3 is 0 Å². The van der Waals surface area contributed by atoms with Gasteiger partial charge in [0, 0.05) is 24.8 Å². The van der Waals surface area contributed by atoms with Crippen LogP contribution in [0.15, 0.2) is 24.3 Å². The topological polar surface area (TPSA) is 58.4 Å². The minimum absolute atomic E-state index is 0. The Labute approximate surface area is 152 Å². The lowest BCUT2D eigenvalue weighted by Crippen LogP contribution is -2.47. The van der Waals surface area contributed by atoms with E-state index in [1.165, 1.54) is 11.3 Å². The van der Waals surface area contributed by atoms with E-state index in [2.05, 4.69) is 55.3 Å². The lowest BCUT2D eigenvalue weighted by molar-refractivity contribution is -0.122. The lowest BCUT2D eigenvalue weighted by atomic mass is 10.0. The van der Waals surface area contributed by atoms with Crippen LogP contribution in [0.1, 0.15) is 32.8 Å². The minimum atomic E-state index is -0.400. The van der Waals surface area contributed by atoms with Crippen LogP contribution in [0.2, 0.25) is 0 Å². The molecule has 6 heteroatoms. The molecule has 0 radical (unpaired) electrons. The van der Waals surface area contributed by atoms with Crippen molar-refractivity contribution in [1.29, 1.82) is 0 Å². The van der Waals surface area contributed by atoms with Crippen molar-refractivity contribution >= 4 is 36.4 Å². The van der Waals surface area contributed by atoms with Crippen LogP contribution in [-0.2, 0) is 11.2 Å². The number of benzene rings is 1. The number of fused-ring (bicyclic) bond motifs is 1. The van der Waals surface area contributed by atoms with Gasteiger partial charge in [0.2, 0.25) is 5.91 Å². The summed E-state index contributed by atoms with van der Waals surface area (Å²) >= 11 is 0. The first-order valence-corrected chi connectivity index (χ1v) is 7.87. The van der Waals surface area contributed by atoms with E-state index < -0.39 is 6.04 Å². The van der Waals surface area contributed by atoms with Crippen molar-refractivity contribution in [2.45, 2.75) is 45.7 Å². The van der Waals surface area contributed by atoms with Crippen molar-refractivity contribution < 1.29 is 4.79 Å². The van der Waals surface area contributed by atoms with E-state index in [4.69, 9.17) is 5.73 Å². The first kappa shape index (κ1) is 22.0. The molecule has 1 heterocycles. The van der Waals surface area contributed by atoms with Gasteiger partial charge in [0.05, 0.1) is 6.04 Å². The molecular weight excluding hydrogens is 333 g/mol. The van der Waals surface area contributed by atoms with Gasteiger partial charge < -0.3 is 16.0 Å². The maximum absolute atomic E-state index is 12.0. The number of amides is 1. The molecule has 0 spiro atoms. The fourth-order valence-electron chi connectivity index (χ4n) is 2.93. The second kappa shape index (κ2) is 10.0. The Morgan fingerprint density at radius 3 is 2.57 bits per heavy atom. The molecular formula is C17H29Cl2N3O. The van der Waals surface area contributed by atoms with Crippen LogP contribution in [0, 0.1) is 5.92 Å². The largest absolute Gasteiger partial charge is 0.366 e. The Bertz CT molecular complexity index is 496. The summed E-state index contributed by atoms with van der Waals surface area (Å²) in [5.41, 5.74) is 8.60. The third-order valence-electron chi connectivity index (χ3n) is 4.09. The second-order valence-corrected chi connectivity index (χ2v) is 6.40. The standard InChI is InChI=1S/C17H27N3O.2ClH/c1-12(2)10-15(18)17(21)19-11-13(3)20-9-8-14-6-4-5-7-16(14)20;;/h4-7,12-13,15H,8-11,18H2,1-3H3,(H,19,21);2*1H/t13?,15-;;/m0../s1. The minimum Gasteiger partial charge on any atom is -0.366 e. The fraction of sp³-hybridized carbons (Fsp3) is 0.588. The van der Waals surface area contributed by atoms with E-state index in [0.29, 0.717) is 12.5 Å². The third kappa shape index (κ3) is 5.87. The predicted molar refractivity (Wildman–Crippen MR) is 102 cm³/mol. The number of nitrogens with one attached hydrogen (secondary N) is 1. The summed E-state index contributed by atoms with van der Waals surface area (Å²) in [5, 5.41) is 2.99. The first-order chi connectivity index (χ1) is 9.99. The van der Waals surface area contributed by atoms with Gasteiger partial charge in [0.1, 0.15) is 0 Å². The highest BCUT2D eigenvalue weighted by molar-refractivity contribution is 5.85. The van der Waals surface area contributed by atoms with Gasteiger partial charge in [-0.1, -0.05) is 32.0 Å². The molecule has 1 aliphatic rings. The number of carbonyl (C=O) groups is 1. The highest BCUT2D eigenvalue weighted by atomic mass is 35.5. The lowest BCUT2D eigenvalue weighted by Gasteiger charge is -2.28. The number of hydrogen-bond donors (Lipinski definition) is 2. The van der Waals surface area contributed by atoms with Crippen molar-refractivity contribution in [1.82, 2.24) is 5.32 Å². The number of nitrogens with zero attached hydrogens (tertiary/aromatic N) is 1. The Balaban J connectivity index is 0.00000242. The molecule has 0 aromatic heterocycles. The number of hydrogen-bond acceptors (Lipinski definition) is 3. The van der Waals surface area contributed by atoms with E-state index in [0.717, 1.165) is 19.4 Å². The summed E-state index contributed by atoms with van der Waals surface area (Å²) < 4.78 is 0. The van der Waals surface area contributed by atoms with Crippen molar-refractivity contribution in [3.63, 3.8) is 0 Å². The van der Waals surface area contributed by atoms with E-state index in [1.54, 1.807) is 0 Å². The molecule has 1 aromatic carbocycles. The van der Waals surface area contributed by atoms with Gasteiger partial charge in [0.15, 0.2) is 0 Å². The van der Waals surface area contributed by atoms with E-state index >= 15 is 0 Å². The Morgan fingerprint density at radius 2 is 1.91 bits per heavy atom. The summed E-state index contributed by atoms with van der Waals surface area (Å²) in [5.74, 6) is 0.400. The van der Waals surface area contributed by atoms with Crippen molar-refractivity contribution in [2.75, 3.05) is 18.0 Å². The SMILES string of the molecule is CC(C)C[C@H](N)C(=O)NCC(C)N1CCc2ccccc21.Cl.Cl. The zero-order chi connectivity index (χ0) is 15.4. The molecule has 2 atom stereocenters. The predicted octanol–water partition coefficient (Wildman–Crippen LogP) is 2.77. The van der Waals surface area contributed by atoms with Crippen LogP contribution < -0.4 is 16.0 Å². The molecule has 0 bridgehead atoms. The van der Waals surface area contributed by atoms with Crippen LogP contribution in [0.25, 0.3) is 0 Å². The summed E-state index contributed by atoms with van der Waals surface area (Å²) in [6, 6.07) is 8.37. The van der Waals surface area contributed by atoms with Crippen molar-refractivity contribution in [2.24, 2.45) is 11.7 Å². The summed E-state index contributed by atoms with van der Waals surface area (Å²) in [7, 11) is 0. The van der Waals surface area contributed by atoms with Gasteiger partial charge in [-0.2, -0.15) is 0 Å². The first-order valence-electron chi connectivity index (χ1n) is 7.87. The number of halogens is 2. The van der Waals surface area contributed by atoms with E-state index in [1.807, 2.05) is 0 Å². The van der Waals surface area contributed by atoms with Gasteiger partial charge in [-0.25, -0.2) is 0 Å². The van der Waals surface area contributed by atoms with Crippen LogP contribution in [0.4, 0.5) is 5.69 Å². The molecule has 3 N–H and O–H groups in total. The normalized spacial score (nSPS) is 15.3. The third-order valence-corrected chi connectivity index (χ3v) is 4.09. The van der Waals surface area contributed by atoms with Crippen molar-refractivity contribution in [3.05, 3.63) is 29.8 Å². The smallest absolute Gasteiger partial charge is 0.236 e. The van der Waals surface area contributed by atoms with Gasteiger partial charge in [-0.3, -0.25) is 4.79 Å². The Hall–Kier alpha value is -0.970. The average molecular weight is 362 g/mol. The molecule has 1 aromatic rings. The highest BCUT2D eigenvalue weighted by Crippen LogP contribution is 2.28.